The zero-order valence-corrected chi connectivity index (χ0v) is 15.4. The van der Waals surface area contributed by atoms with E-state index in [-0.39, 0.29) is 17.1 Å². The first-order valence-electron chi connectivity index (χ1n) is 8.89. The number of benzene rings is 1. The van der Waals surface area contributed by atoms with Crippen LogP contribution in [0.4, 0.5) is 13.2 Å². The third kappa shape index (κ3) is 6.35. The number of alkyl halides is 3. The van der Waals surface area contributed by atoms with Crippen molar-refractivity contribution in [3.63, 3.8) is 0 Å². The molecule has 2 N–H and O–H groups in total. The first-order chi connectivity index (χ1) is 12.0. The van der Waals surface area contributed by atoms with Gasteiger partial charge >= 0.3 is 6.18 Å². The maximum atomic E-state index is 12.6. The maximum absolute atomic E-state index is 12.6. The number of nitrogens with zero attached hydrogens (tertiary/aromatic N) is 1. The van der Waals surface area contributed by atoms with E-state index in [1.807, 2.05) is 20.8 Å². The molecule has 1 aliphatic rings. The Morgan fingerprint density at radius 2 is 1.62 bits per heavy atom. The minimum atomic E-state index is -4.42. The quantitative estimate of drug-likeness (QED) is 0.596. The van der Waals surface area contributed by atoms with Crippen LogP contribution < -0.4 is 10.6 Å². The van der Waals surface area contributed by atoms with Crippen molar-refractivity contribution in [2.24, 2.45) is 4.99 Å². The van der Waals surface area contributed by atoms with E-state index in [0.29, 0.717) is 5.96 Å². The lowest BCUT2D eigenvalue weighted by Gasteiger charge is -2.29. The van der Waals surface area contributed by atoms with Crippen LogP contribution in [0.3, 0.4) is 0 Å². The molecule has 1 aromatic carbocycles. The molecule has 0 atom stereocenters. The van der Waals surface area contributed by atoms with E-state index in [1.165, 1.54) is 6.42 Å². The summed E-state index contributed by atoms with van der Waals surface area (Å²) < 4.78 is 37.9. The third-order valence-corrected chi connectivity index (χ3v) is 4.11. The zero-order chi connectivity index (χ0) is 19.4. The maximum Gasteiger partial charge on any atom is 0.416 e. The minimum Gasteiger partial charge on any atom is -0.353 e. The van der Waals surface area contributed by atoms with Crippen LogP contribution >= 0.6 is 0 Å². The molecule has 0 bridgehead atoms. The average Bonchev–Trinajstić information content (AvgIpc) is 2.53. The van der Waals surface area contributed by atoms with Gasteiger partial charge in [-0.25, -0.2) is 0 Å². The first-order valence-corrected chi connectivity index (χ1v) is 8.89. The number of nitrogens with one attached hydrogen (secondary N) is 2. The highest BCUT2D eigenvalue weighted by atomic mass is 19.4. The largest absolute Gasteiger partial charge is 0.416 e. The van der Waals surface area contributed by atoms with Crippen LogP contribution in [-0.4, -0.2) is 23.4 Å². The molecule has 0 saturated heterocycles. The smallest absolute Gasteiger partial charge is 0.353 e. The Hall–Kier alpha value is -2.05. The summed E-state index contributed by atoms with van der Waals surface area (Å²) in [6.45, 7) is 5.86. The number of aliphatic imine (C=N–C) groups is 1. The molecule has 0 unspecified atom stereocenters. The fourth-order valence-electron chi connectivity index (χ4n) is 2.86. The second-order valence-electron chi connectivity index (χ2n) is 7.69. The van der Waals surface area contributed by atoms with E-state index in [0.717, 1.165) is 49.9 Å². The lowest BCUT2D eigenvalue weighted by atomic mass is 9.95. The van der Waals surface area contributed by atoms with Gasteiger partial charge < -0.3 is 10.6 Å². The summed E-state index contributed by atoms with van der Waals surface area (Å²) in [5.41, 5.74) is -0.968. The molecule has 0 heterocycles. The van der Waals surface area contributed by atoms with E-state index >= 15 is 0 Å². The van der Waals surface area contributed by atoms with Gasteiger partial charge in [0.2, 0.25) is 0 Å². The van der Waals surface area contributed by atoms with Crippen molar-refractivity contribution in [2.75, 3.05) is 0 Å². The predicted octanol–water partition coefficient (Wildman–Crippen LogP) is 4.51. The van der Waals surface area contributed by atoms with Crippen LogP contribution in [0.5, 0.6) is 0 Å². The molecule has 1 aromatic rings. The zero-order valence-electron chi connectivity index (χ0n) is 15.4. The molecule has 0 radical (unpaired) electrons. The molecule has 4 nitrogen and oxygen atoms in total. The van der Waals surface area contributed by atoms with Crippen molar-refractivity contribution in [3.8, 4) is 0 Å². The minimum absolute atomic E-state index is 0.122. The number of hydrogen-bond donors (Lipinski definition) is 2. The number of guanidine groups is 1. The number of halogens is 3. The van der Waals surface area contributed by atoms with Crippen molar-refractivity contribution in [1.29, 1.82) is 0 Å². The molecule has 26 heavy (non-hydrogen) atoms. The van der Waals surface area contributed by atoms with Gasteiger partial charge in [-0.1, -0.05) is 19.3 Å². The van der Waals surface area contributed by atoms with Crippen molar-refractivity contribution < 1.29 is 18.0 Å². The van der Waals surface area contributed by atoms with Gasteiger partial charge in [0.1, 0.15) is 0 Å². The molecule has 0 spiro atoms. The van der Waals surface area contributed by atoms with Crippen LogP contribution in [0.25, 0.3) is 0 Å². The predicted molar refractivity (Wildman–Crippen MR) is 96.1 cm³/mol. The molecule has 1 amide bonds. The number of carbonyl (C=O) groups is 1. The van der Waals surface area contributed by atoms with Crippen LogP contribution in [0.1, 0.15) is 68.8 Å². The molecule has 0 aliphatic heterocycles. The molecule has 1 saturated carbocycles. The lowest BCUT2D eigenvalue weighted by molar-refractivity contribution is -0.137. The Bertz CT molecular complexity index is 639. The van der Waals surface area contributed by atoms with Crippen LogP contribution in [-0.2, 0) is 6.18 Å². The molecule has 1 aliphatic carbocycles. The SMILES string of the molecule is CC(C)(C)N/C(=N/C(=O)c1ccc(C(F)(F)F)cc1)NC1CCCCC1. The number of rotatable bonds is 2. The number of amides is 1. The topological polar surface area (TPSA) is 53.5 Å². The Morgan fingerprint density at radius 1 is 1.04 bits per heavy atom. The van der Waals surface area contributed by atoms with Crippen molar-refractivity contribution >= 4 is 11.9 Å². The fourth-order valence-corrected chi connectivity index (χ4v) is 2.86. The van der Waals surface area contributed by atoms with Crippen molar-refractivity contribution in [3.05, 3.63) is 35.4 Å². The van der Waals surface area contributed by atoms with E-state index in [4.69, 9.17) is 0 Å². The van der Waals surface area contributed by atoms with Crippen LogP contribution in [0.15, 0.2) is 29.3 Å². The Labute approximate surface area is 152 Å². The second-order valence-corrected chi connectivity index (χ2v) is 7.69. The molecule has 7 heteroatoms. The summed E-state index contributed by atoms with van der Waals surface area (Å²) in [5.74, 6) is -0.205. The Balaban J connectivity index is 2.16. The van der Waals surface area contributed by atoms with Crippen molar-refractivity contribution in [1.82, 2.24) is 10.6 Å². The second kappa shape index (κ2) is 8.10. The highest BCUT2D eigenvalue weighted by molar-refractivity contribution is 6.02. The van der Waals surface area contributed by atoms with Gasteiger partial charge in [0.05, 0.1) is 5.56 Å². The number of carbonyl (C=O) groups excluding carboxylic acids is 1. The van der Waals surface area contributed by atoms with E-state index in [1.54, 1.807) is 0 Å². The summed E-state index contributed by atoms with van der Waals surface area (Å²) in [6, 6.07) is 4.36. The summed E-state index contributed by atoms with van der Waals surface area (Å²) >= 11 is 0. The standard InChI is InChI=1S/C19H26F3N3O/c1-18(2,3)25-17(23-15-7-5-4-6-8-15)24-16(26)13-9-11-14(12-10-13)19(20,21)22/h9-12,15H,4-8H2,1-3H3,(H2,23,24,25,26). The van der Waals surface area contributed by atoms with Gasteiger partial charge in [-0.3, -0.25) is 4.79 Å². The first kappa shape index (κ1) is 20.3. The van der Waals surface area contributed by atoms with Gasteiger partial charge in [0.15, 0.2) is 5.96 Å². The monoisotopic (exact) mass is 369 g/mol. The van der Waals surface area contributed by atoms with Crippen molar-refractivity contribution in [2.45, 2.75) is 70.6 Å². The van der Waals surface area contributed by atoms with Gasteiger partial charge in [-0.2, -0.15) is 18.2 Å². The summed E-state index contributed by atoms with van der Waals surface area (Å²) in [5, 5.41) is 6.46. The molecule has 0 aromatic heterocycles. The van der Waals surface area contributed by atoms with E-state index in [2.05, 4.69) is 15.6 Å². The fraction of sp³-hybridized carbons (Fsp3) is 0.579. The van der Waals surface area contributed by atoms with Gasteiger partial charge in [-0.05, 0) is 57.9 Å². The number of hydrogen-bond acceptors (Lipinski definition) is 1. The average molecular weight is 369 g/mol. The lowest BCUT2D eigenvalue weighted by Crippen LogP contribution is -2.51. The highest BCUT2D eigenvalue weighted by Crippen LogP contribution is 2.29. The Kier molecular flexibility index (Phi) is 6.31. The molecule has 144 valence electrons. The molecule has 2 rings (SSSR count). The molecular weight excluding hydrogens is 343 g/mol. The van der Waals surface area contributed by atoms with Crippen LogP contribution in [0, 0.1) is 0 Å². The Morgan fingerprint density at radius 3 is 2.12 bits per heavy atom. The van der Waals surface area contributed by atoms with E-state index < -0.39 is 17.6 Å². The van der Waals surface area contributed by atoms with Crippen LogP contribution in [0.2, 0.25) is 0 Å². The highest BCUT2D eigenvalue weighted by Gasteiger charge is 2.30. The normalized spacial score (nSPS) is 17.1. The molecular formula is C19H26F3N3O. The van der Waals surface area contributed by atoms with Gasteiger partial charge in [0.25, 0.3) is 5.91 Å². The van der Waals surface area contributed by atoms with Gasteiger partial charge in [-0.15, -0.1) is 0 Å². The summed E-state index contributed by atoms with van der Waals surface area (Å²) in [4.78, 5) is 16.5. The summed E-state index contributed by atoms with van der Waals surface area (Å²) in [6.07, 6.45) is 1.08. The van der Waals surface area contributed by atoms with Gasteiger partial charge in [0, 0.05) is 17.1 Å². The summed E-state index contributed by atoms with van der Waals surface area (Å²) in [7, 11) is 0. The molecule has 1 fully saturated rings. The van der Waals surface area contributed by atoms with E-state index in [9.17, 15) is 18.0 Å². The third-order valence-electron chi connectivity index (χ3n) is 4.11.